The number of nitrogens with zero attached hydrogens (tertiary/aromatic N) is 4. The van der Waals surface area contributed by atoms with Gasteiger partial charge in [0.15, 0.2) is 0 Å². The predicted molar refractivity (Wildman–Crippen MR) is 165 cm³/mol. The lowest BCUT2D eigenvalue weighted by atomic mass is 9.88. The Bertz CT molecular complexity index is 1800. The number of aromatic nitrogens is 3. The quantitative estimate of drug-likeness (QED) is 0.184. The van der Waals surface area contributed by atoms with Crippen LogP contribution in [0, 0.1) is 6.92 Å². The summed E-state index contributed by atoms with van der Waals surface area (Å²) in [4.78, 5) is 18.8. The smallest absolute Gasteiger partial charge is 0.282 e. The molecule has 0 N–H and O–H groups in total. The fourth-order valence-electron chi connectivity index (χ4n) is 5.66. The normalized spacial score (nSPS) is 14.7. The Morgan fingerprint density at radius 3 is 2.59 bits per heavy atom. The number of benzene rings is 3. The third kappa shape index (κ3) is 5.06. The van der Waals surface area contributed by atoms with Crippen molar-refractivity contribution in [3.05, 3.63) is 108 Å². The average molecular weight is 622 g/mol. The van der Waals surface area contributed by atoms with Gasteiger partial charge in [0.2, 0.25) is 0 Å². The van der Waals surface area contributed by atoms with Crippen molar-refractivity contribution < 1.29 is 0 Å². The molecular formula is C31H27BrCl2N4O. The number of halogens is 3. The molecular weight excluding hydrogens is 595 g/mol. The van der Waals surface area contributed by atoms with Crippen LogP contribution in [0.4, 0.5) is 0 Å². The second-order valence-corrected chi connectivity index (χ2v) is 11.9. The van der Waals surface area contributed by atoms with Crippen LogP contribution in [-0.2, 0) is 6.54 Å². The monoisotopic (exact) mass is 620 g/mol. The van der Waals surface area contributed by atoms with Gasteiger partial charge >= 0.3 is 0 Å². The molecule has 6 rings (SSSR count). The van der Waals surface area contributed by atoms with Crippen molar-refractivity contribution >= 4 is 67.2 Å². The van der Waals surface area contributed by atoms with E-state index in [2.05, 4.69) is 39.6 Å². The van der Waals surface area contributed by atoms with E-state index in [9.17, 15) is 4.79 Å². The lowest BCUT2D eigenvalue weighted by Gasteiger charge is -2.22. The Morgan fingerprint density at radius 2 is 1.79 bits per heavy atom. The van der Waals surface area contributed by atoms with Crippen molar-refractivity contribution in [1.29, 1.82) is 0 Å². The molecule has 39 heavy (non-hydrogen) atoms. The van der Waals surface area contributed by atoms with Crippen LogP contribution in [0.1, 0.15) is 60.7 Å². The van der Waals surface area contributed by atoms with E-state index in [0.29, 0.717) is 27.5 Å². The Hall–Kier alpha value is -2.93. The molecule has 1 aliphatic rings. The highest BCUT2D eigenvalue weighted by Crippen LogP contribution is 2.32. The summed E-state index contributed by atoms with van der Waals surface area (Å²) in [6, 6.07) is 19.6. The molecule has 0 radical (unpaired) electrons. The highest BCUT2D eigenvalue weighted by molar-refractivity contribution is 9.10. The fraction of sp³-hybridized carbons (Fsp3) is 0.258. The standard InChI is InChI=1S/C31H27BrCl2N4O/c1-19-25(23-9-5-6-10-29(23)37(19)18-20-11-13-26(33)27(34)15-20)17-35-38-30(21-7-3-2-4-8-21)36-28-14-12-22(32)16-24(28)31(38)39/h5-6,9-17,21H,2-4,7-8,18H2,1H3. The minimum atomic E-state index is -0.143. The van der Waals surface area contributed by atoms with E-state index in [4.69, 9.17) is 33.3 Å². The zero-order chi connectivity index (χ0) is 27.1. The first-order valence-corrected chi connectivity index (χ1v) is 14.7. The summed E-state index contributed by atoms with van der Waals surface area (Å²) < 4.78 is 4.63. The van der Waals surface area contributed by atoms with Gasteiger partial charge < -0.3 is 4.57 Å². The van der Waals surface area contributed by atoms with E-state index in [-0.39, 0.29) is 11.5 Å². The summed E-state index contributed by atoms with van der Waals surface area (Å²) in [6.45, 7) is 2.72. The maximum absolute atomic E-state index is 13.8. The van der Waals surface area contributed by atoms with Crippen LogP contribution in [-0.4, -0.2) is 20.4 Å². The second kappa shape index (κ2) is 10.9. The number of hydrogen-bond acceptors (Lipinski definition) is 3. The van der Waals surface area contributed by atoms with Crippen LogP contribution < -0.4 is 5.56 Å². The lowest BCUT2D eigenvalue weighted by molar-refractivity contribution is 0.416. The number of fused-ring (bicyclic) bond motifs is 2. The van der Waals surface area contributed by atoms with Crippen LogP contribution in [0.25, 0.3) is 21.8 Å². The largest absolute Gasteiger partial charge is 0.340 e. The molecule has 5 nitrogen and oxygen atoms in total. The molecule has 5 aromatic rings. The zero-order valence-corrected chi connectivity index (χ0v) is 24.6. The van der Waals surface area contributed by atoms with Crippen molar-refractivity contribution in [3.63, 3.8) is 0 Å². The fourth-order valence-corrected chi connectivity index (χ4v) is 6.34. The first-order valence-electron chi connectivity index (χ1n) is 13.2. The van der Waals surface area contributed by atoms with Gasteiger partial charge in [0.05, 0.1) is 27.2 Å². The SMILES string of the molecule is Cc1c(C=Nn2c(C3CCCCC3)nc3ccc(Br)cc3c2=O)c2ccccc2n1Cc1ccc(Cl)c(Cl)c1. The highest BCUT2D eigenvalue weighted by atomic mass is 79.9. The summed E-state index contributed by atoms with van der Waals surface area (Å²) in [6.07, 6.45) is 7.37. The van der Waals surface area contributed by atoms with E-state index in [1.54, 1.807) is 0 Å². The molecule has 0 aliphatic heterocycles. The first kappa shape index (κ1) is 26.3. The van der Waals surface area contributed by atoms with Crippen LogP contribution in [0.2, 0.25) is 10.0 Å². The van der Waals surface area contributed by atoms with Crippen molar-refractivity contribution in [3.8, 4) is 0 Å². The molecule has 0 bridgehead atoms. The van der Waals surface area contributed by atoms with E-state index in [1.165, 1.54) is 11.1 Å². The molecule has 0 atom stereocenters. The van der Waals surface area contributed by atoms with Gasteiger partial charge in [0.25, 0.3) is 5.56 Å². The Morgan fingerprint density at radius 1 is 1.00 bits per heavy atom. The van der Waals surface area contributed by atoms with Crippen molar-refractivity contribution in [1.82, 2.24) is 14.2 Å². The molecule has 2 heterocycles. The van der Waals surface area contributed by atoms with Gasteiger partial charge in [-0.15, -0.1) is 0 Å². The van der Waals surface area contributed by atoms with Crippen molar-refractivity contribution in [2.75, 3.05) is 0 Å². The van der Waals surface area contributed by atoms with Crippen LogP contribution in [0.15, 0.2) is 75.0 Å². The van der Waals surface area contributed by atoms with Crippen molar-refractivity contribution in [2.45, 2.75) is 51.5 Å². The summed E-state index contributed by atoms with van der Waals surface area (Å²) in [7, 11) is 0. The summed E-state index contributed by atoms with van der Waals surface area (Å²) in [5, 5.41) is 7.54. The molecule has 0 unspecified atom stereocenters. The van der Waals surface area contributed by atoms with Gasteiger partial charge in [-0.05, 0) is 61.7 Å². The molecule has 1 aliphatic carbocycles. The molecule has 3 aromatic carbocycles. The summed E-state index contributed by atoms with van der Waals surface area (Å²) in [5.74, 6) is 0.969. The highest BCUT2D eigenvalue weighted by Gasteiger charge is 2.23. The maximum atomic E-state index is 13.8. The van der Waals surface area contributed by atoms with Gasteiger partial charge in [-0.3, -0.25) is 4.79 Å². The van der Waals surface area contributed by atoms with Crippen molar-refractivity contribution in [2.24, 2.45) is 5.10 Å². The van der Waals surface area contributed by atoms with Crippen LogP contribution in [0.5, 0.6) is 0 Å². The minimum absolute atomic E-state index is 0.143. The van der Waals surface area contributed by atoms with E-state index in [0.717, 1.165) is 63.7 Å². The molecule has 1 fully saturated rings. The Balaban J connectivity index is 1.48. The summed E-state index contributed by atoms with van der Waals surface area (Å²) >= 11 is 16.0. The molecule has 8 heteroatoms. The molecule has 198 valence electrons. The Kier molecular flexibility index (Phi) is 7.36. The number of para-hydroxylation sites is 1. The van der Waals surface area contributed by atoms with E-state index < -0.39 is 0 Å². The number of rotatable bonds is 5. The lowest BCUT2D eigenvalue weighted by Crippen LogP contribution is -2.25. The Labute approximate surface area is 245 Å². The van der Waals surface area contributed by atoms with Gasteiger partial charge in [-0.1, -0.05) is 82.7 Å². The minimum Gasteiger partial charge on any atom is -0.340 e. The topological polar surface area (TPSA) is 52.2 Å². The average Bonchev–Trinajstić information content (AvgIpc) is 3.21. The maximum Gasteiger partial charge on any atom is 0.282 e. The molecule has 2 aromatic heterocycles. The third-order valence-electron chi connectivity index (χ3n) is 7.71. The van der Waals surface area contributed by atoms with Crippen LogP contribution in [0.3, 0.4) is 0 Å². The van der Waals surface area contributed by atoms with Gasteiger partial charge in [0.1, 0.15) is 5.82 Å². The second-order valence-electron chi connectivity index (χ2n) is 10.2. The third-order valence-corrected chi connectivity index (χ3v) is 8.94. The molecule has 1 saturated carbocycles. The van der Waals surface area contributed by atoms with Gasteiger partial charge in [0, 0.05) is 39.1 Å². The van der Waals surface area contributed by atoms with Gasteiger partial charge in [-0.2, -0.15) is 9.78 Å². The molecule has 0 saturated heterocycles. The number of hydrogen-bond donors (Lipinski definition) is 0. The van der Waals surface area contributed by atoms with E-state index in [1.807, 2.05) is 54.7 Å². The molecule has 0 spiro atoms. The van der Waals surface area contributed by atoms with Gasteiger partial charge in [-0.25, -0.2) is 4.98 Å². The summed E-state index contributed by atoms with van der Waals surface area (Å²) in [5.41, 5.74) is 4.73. The predicted octanol–water partition coefficient (Wildman–Crippen LogP) is 8.71. The zero-order valence-electron chi connectivity index (χ0n) is 21.5. The first-order chi connectivity index (χ1) is 18.9. The van der Waals surface area contributed by atoms with Crippen LogP contribution >= 0.6 is 39.1 Å². The van der Waals surface area contributed by atoms with E-state index >= 15 is 0 Å². The molecule has 0 amide bonds.